The van der Waals surface area contributed by atoms with Crippen LogP contribution in [0.5, 0.6) is 0 Å². The Balaban J connectivity index is 1.70. The van der Waals surface area contributed by atoms with E-state index in [0.29, 0.717) is 11.8 Å². The fourth-order valence-electron chi connectivity index (χ4n) is 2.47. The van der Waals surface area contributed by atoms with E-state index in [1.54, 1.807) is 20.2 Å². The first kappa shape index (κ1) is 15.8. The first-order chi connectivity index (χ1) is 10.2. The molecule has 2 rings (SSSR count). The summed E-state index contributed by atoms with van der Waals surface area (Å²) in [7, 11) is 3.46. The molecule has 1 aliphatic heterocycles. The van der Waals surface area contributed by atoms with E-state index in [2.05, 4.69) is 10.3 Å². The Bertz CT molecular complexity index is 457. The molecule has 1 atom stereocenters. The van der Waals surface area contributed by atoms with Gasteiger partial charge in [-0.1, -0.05) is 6.07 Å². The summed E-state index contributed by atoms with van der Waals surface area (Å²) in [6, 6.07) is 5.50. The number of nitrogens with one attached hydrogen (secondary N) is 1. The third-order valence-electron chi connectivity index (χ3n) is 3.66. The Kier molecular flexibility index (Phi) is 5.99. The van der Waals surface area contributed by atoms with E-state index in [1.165, 1.54) is 17.7 Å². The van der Waals surface area contributed by atoms with Crippen LogP contribution in [0.25, 0.3) is 0 Å². The number of ether oxygens (including phenoxy) is 1. The van der Waals surface area contributed by atoms with Crippen molar-refractivity contribution in [2.24, 2.45) is 0 Å². The SMILES string of the molecule is CN(C)C(=O)c1cccc(NCCCCC2CCCO2)n1. The normalized spacial score (nSPS) is 17.7. The monoisotopic (exact) mass is 291 g/mol. The van der Waals surface area contributed by atoms with Crippen molar-refractivity contribution in [3.05, 3.63) is 23.9 Å². The molecular formula is C16H25N3O2. The van der Waals surface area contributed by atoms with Gasteiger partial charge in [0, 0.05) is 27.2 Å². The second-order valence-corrected chi connectivity index (χ2v) is 5.67. The van der Waals surface area contributed by atoms with Gasteiger partial charge in [-0.2, -0.15) is 0 Å². The largest absolute Gasteiger partial charge is 0.378 e. The summed E-state index contributed by atoms with van der Waals surface area (Å²) in [5, 5.41) is 3.28. The van der Waals surface area contributed by atoms with Gasteiger partial charge in [-0.3, -0.25) is 4.79 Å². The van der Waals surface area contributed by atoms with E-state index in [1.807, 2.05) is 12.1 Å². The van der Waals surface area contributed by atoms with Crippen LogP contribution in [0.4, 0.5) is 5.82 Å². The summed E-state index contributed by atoms with van der Waals surface area (Å²) in [5.74, 6) is 0.692. The number of carbonyl (C=O) groups excluding carboxylic acids is 1. The van der Waals surface area contributed by atoms with Crippen LogP contribution in [-0.2, 0) is 4.74 Å². The molecule has 0 aromatic carbocycles. The number of pyridine rings is 1. The standard InChI is InChI=1S/C16H25N3O2/c1-19(2)16(20)14-9-5-10-15(18-14)17-11-4-3-7-13-8-6-12-21-13/h5,9-10,13H,3-4,6-8,11-12H2,1-2H3,(H,17,18). The zero-order valence-electron chi connectivity index (χ0n) is 13.0. The molecule has 1 N–H and O–H groups in total. The van der Waals surface area contributed by atoms with Gasteiger partial charge in [-0.15, -0.1) is 0 Å². The molecule has 5 heteroatoms. The predicted octanol–water partition coefficient (Wildman–Crippen LogP) is 2.54. The smallest absolute Gasteiger partial charge is 0.272 e. The van der Waals surface area contributed by atoms with Crippen LogP contribution < -0.4 is 5.32 Å². The minimum atomic E-state index is -0.0722. The maximum Gasteiger partial charge on any atom is 0.272 e. The zero-order chi connectivity index (χ0) is 15.1. The molecule has 1 fully saturated rings. The van der Waals surface area contributed by atoms with Gasteiger partial charge in [-0.25, -0.2) is 4.98 Å². The van der Waals surface area contributed by atoms with Crippen molar-refractivity contribution in [3.8, 4) is 0 Å². The van der Waals surface area contributed by atoms with Crippen LogP contribution in [0.1, 0.15) is 42.6 Å². The Morgan fingerprint density at radius 2 is 2.29 bits per heavy atom. The Hall–Kier alpha value is -1.62. The minimum Gasteiger partial charge on any atom is -0.378 e. The van der Waals surface area contributed by atoms with Crippen LogP contribution in [-0.4, -0.2) is 49.1 Å². The van der Waals surface area contributed by atoms with E-state index >= 15 is 0 Å². The first-order valence-corrected chi connectivity index (χ1v) is 7.71. The molecule has 116 valence electrons. The second kappa shape index (κ2) is 7.98. The third kappa shape index (κ3) is 5.01. The lowest BCUT2D eigenvalue weighted by Crippen LogP contribution is -2.23. The Morgan fingerprint density at radius 3 is 3.00 bits per heavy atom. The topological polar surface area (TPSA) is 54.5 Å². The van der Waals surface area contributed by atoms with Crippen LogP contribution in [0.2, 0.25) is 0 Å². The highest BCUT2D eigenvalue weighted by Gasteiger charge is 2.14. The summed E-state index contributed by atoms with van der Waals surface area (Å²) in [6.07, 6.45) is 6.29. The van der Waals surface area contributed by atoms with Crippen LogP contribution >= 0.6 is 0 Å². The van der Waals surface area contributed by atoms with Crippen molar-refractivity contribution in [3.63, 3.8) is 0 Å². The molecule has 1 unspecified atom stereocenters. The Labute approximate surface area is 126 Å². The maximum atomic E-state index is 11.8. The number of anilines is 1. The van der Waals surface area contributed by atoms with Gasteiger partial charge in [0.1, 0.15) is 11.5 Å². The molecule has 0 spiro atoms. The first-order valence-electron chi connectivity index (χ1n) is 7.71. The fourth-order valence-corrected chi connectivity index (χ4v) is 2.47. The summed E-state index contributed by atoms with van der Waals surface area (Å²) in [5.41, 5.74) is 0.476. The summed E-state index contributed by atoms with van der Waals surface area (Å²) >= 11 is 0. The van der Waals surface area contributed by atoms with Gasteiger partial charge >= 0.3 is 0 Å². The highest BCUT2D eigenvalue weighted by Crippen LogP contribution is 2.17. The van der Waals surface area contributed by atoms with Gasteiger partial charge in [0.25, 0.3) is 5.91 Å². The average Bonchev–Trinajstić information content (AvgIpc) is 2.99. The van der Waals surface area contributed by atoms with E-state index in [4.69, 9.17) is 4.74 Å². The number of rotatable bonds is 7. The quantitative estimate of drug-likeness (QED) is 0.784. The highest BCUT2D eigenvalue weighted by atomic mass is 16.5. The summed E-state index contributed by atoms with van der Waals surface area (Å²) in [6.45, 7) is 1.80. The van der Waals surface area contributed by atoms with Gasteiger partial charge in [0.15, 0.2) is 0 Å². The molecular weight excluding hydrogens is 266 g/mol. The molecule has 1 saturated heterocycles. The van der Waals surface area contributed by atoms with Gasteiger partial charge in [-0.05, 0) is 44.2 Å². The van der Waals surface area contributed by atoms with Crippen LogP contribution in [0.3, 0.4) is 0 Å². The number of aromatic nitrogens is 1. The van der Waals surface area contributed by atoms with E-state index in [9.17, 15) is 4.79 Å². The second-order valence-electron chi connectivity index (χ2n) is 5.67. The molecule has 1 aliphatic rings. The molecule has 0 radical (unpaired) electrons. The highest BCUT2D eigenvalue weighted by molar-refractivity contribution is 5.92. The van der Waals surface area contributed by atoms with Crippen LogP contribution in [0.15, 0.2) is 18.2 Å². The number of nitrogens with zero attached hydrogens (tertiary/aromatic N) is 2. The molecule has 21 heavy (non-hydrogen) atoms. The molecule has 1 amide bonds. The van der Waals surface area contributed by atoms with Crippen molar-refractivity contribution in [2.75, 3.05) is 32.6 Å². The third-order valence-corrected chi connectivity index (χ3v) is 3.66. The van der Waals surface area contributed by atoms with Crippen molar-refractivity contribution in [2.45, 2.75) is 38.2 Å². The fraction of sp³-hybridized carbons (Fsp3) is 0.625. The van der Waals surface area contributed by atoms with Gasteiger partial charge < -0.3 is 15.0 Å². The zero-order valence-corrected chi connectivity index (χ0v) is 13.0. The van der Waals surface area contributed by atoms with E-state index in [0.717, 1.165) is 38.2 Å². The minimum absolute atomic E-state index is 0.0722. The number of unbranched alkanes of at least 4 members (excludes halogenated alkanes) is 1. The molecule has 1 aromatic heterocycles. The molecule has 0 saturated carbocycles. The lowest BCUT2D eigenvalue weighted by Gasteiger charge is -2.12. The molecule has 0 aliphatic carbocycles. The summed E-state index contributed by atoms with van der Waals surface area (Å²) < 4.78 is 5.61. The number of hydrogen-bond acceptors (Lipinski definition) is 4. The van der Waals surface area contributed by atoms with Crippen molar-refractivity contribution < 1.29 is 9.53 Å². The molecule has 5 nitrogen and oxygen atoms in total. The summed E-state index contributed by atoms with van der Waals surface area (Å²) in [4.78, 5) is 17.7. The van der Waals surface area contributed by atoms with Crippen LogP contribution in [0, 0.1) is 0 Å². The van der Waals surface area contributed by atoms with Gasteiger partial charge in [0.2, 0.25) is 0 Å². The molecule has 1 aromatic rings. The van der Waals surface area contributed by atoms with E-state index < -0.39 is 0 Å². The average molecular weight is 291 g/mol. The number of hydrogen-bond donors (Lipinski definition) is 1. The number of carbonyl (C=O) groups is 1. The van der Waals surface area contributed by atoms with Crippen molar-refractivity contribution >= 4 is 11.7 Å². The molecule has 2 heterocycles. The Morgan fingerprint density at radius 1 is 1.43 bits per heavy atom. The number of amides is 1. The predicted molar refractivity (Wildman–Crippen MR) is 83.6 cm³/mol. The maximum absolute atomic E-state index is 11.8. The molecule has 0 bridgehead atoms. The van der Waals surface area contributed by atoms with E-state index in [-0.39, 0.29) is 5.91 Å². The van der Waals surface area contributed by atoms with Crippen molar-refractivity contribution in [1.29, 1.82) is 0 Å². The lowest BCUT2D eigenvalue weighted by atomic mass is 10.1. The van der Waals surface area contributed by atoms with Crippen molar-refractivity contribution in [1.82, 2.24) is 9.88 Å². The van der Waals surface area contributed by atoms with Gasteiger partial charge in [0.05, 0.1) is 6.10 Å². The lowest BCUT2D eigenvalue weighted by molar-refractivity contribution is 0.0822.